The minimum atomic E-state index is 0.00760. The van der Waals surface area contributed by atoms with Crippen molar-refractivity contribution in [2.75, 3.05) is 11.9 Å². The van der Waals surface area contributed by atoms with Crippen LogP contribution in [0.1, 0.15) is 30.4 Å². The summed E-state index contributed by atoms with van der Waals surface area (Å²) in [4.78, 5) is 12.4. The van der Waals surface area contributed by atoms with E-state index in [-0.39, 0.29) is 11.9 Å². The van der Waals surface area contributed by atoms with Crippen LogP contribution in [0.3, 0.4) is 0 Å². The molecule has 3 heteroatoms. The van der Waals surface area contributed by atoms with Crippen molar-refractivity contribution in [1.29, 1.82) is 0 Å². The molecule has 1 amide bonds. The first kappa shape index (κ1) is 12.7. The second kappa shape index (κ2) is 4.97. The predicted octanol–water partition coefficient (Wildman–Crippen LogP) is 2.63. The van der Waals surface area contributed by atoms with E-state index in [0.29, 0.717) is 5.92 Å². The molecule has 3 unspecified atom stereocenters. The van der Waals surface area contributed by atoms with Crippen LogP contribution in [-0.2, 0) is 4.79 Å². The molecular formula is C16H22N2O. The van der Waals surface area contributed by atoms with Gasteiger partial charge in [0.1, 0.15) is 0 Å². The van der Waals surface area contributed by atoms with E-state index >= 15 is 0 Å². The molecule has 1 aromatic rings. The van der Waals surface area contributed by atoms with Crippen LogP contribution >= 0.6 is 0 Å². The van der Waals surface area contributed by atoms with Gasteiger partial charge in [-0.25, -0.2) is 0 Å². The fourth-order valence-electron chi connectivity index (χ4n) is 3.64. The minimum absolute atomic E-state index is 0.00760. The third-order valence-electron chi connectivity index (χ3n) is 4.67. The number of carbonyl (C=O) groups excluding carboxylic acids is 1. The third kappa shape index (κ3) is 2.39. The molecule has 1 heterocycles. The predicted molar refractivity (Wildman–Crippen MR) is 77.2 cm³/mol. The Morgan fingerprint density at radius 3 is 2.95 bits per heavy atom. The Kier molecular flexibility index (Phi) is 3.31. The highest BCUT2D eigenvalue weighted by Crippen LogP contribution is 2.38. The summed E-state index contributed by atoms with van der Waals surface area (Å²) < 4.78 is 0. The zero-order valence-corrected chi connectivity index (χ0v) is 11.7. The van der Waals surface area contributed by atoms with Crippen molar-refractivity contribution >= 4 is 11.6 Å². The van der Waals surface area contributed by atoms with Gasteiger partial charge in [0, 0.05) is 5.69 Å². The van der Waals surface area contributed by atoms with Crippen molar-refractivity contribution in [2.24, 2.45) is 11.8 Å². The molecule has 1 aliphatic heterocycles. The largest absolute Gasteiger partial charge is 0.324 e. The molecular weight excluding hydrogens is 236 g/mol. The third-order valence-corrected chi connectivity index (χ3v) is 4.67. The maximum Gasteiger partial charge on any atom is 0.241 e. The quantitative estimate of drug-likeness (QED) is 0.856. The second-order valence-corrected chi connectivity index (χ2v) is 6.05. The van der Waals surface area contributed by atoms with Gasteiger partial charge in [-0.05, 0) is 56.7 Å². The summed E-state index contributed by atoms with van der Waals surface area (Å²) in [7, 11) is 0. The van der Waals surface area contributed by atoms with Gasteiger partial charge in [0.05, 0.1) is 6.04 Å². The van der Waals surface area contributed by atoms with Crippen LogP contribution in [0.25, 0.3) is 0 Å². The molecule has 102 valence electrons. The molecule has 3 nitrogen and oxygen atoms in total. The first-order valence-corrected chi connectivity index (χ1v) is 7.26. The molecule has 0 radical (unpaired) electrons. The molecule has 19 heavy (non-hydrogen) atoms. The molecule has 2 aliphatic rings. The Balaban J connectivity index is 1.71. The topological polar surface area (TPSA) is 41.1 Å². The van der Waals surface area contributed by atoms with Crippen molar-refractivity contribution < 1.29 is 4.79 Å². The maximum absolute atomic E-state index is 12.4. The summed E-state index contributed by atoms with van der Waals surface area (Å²) in [5.74, 6) is 1.40. The number of nitrogens with one attached hydrogen (secondary N) is 2. The minimum Gasteiger partial charge on any atom is -0.324 e. The molecule has 1 aromatic carbocycles. The Bertz CT molecular complexity index is 498. The molecule has 1 saturated heterocycles. The number of fused-ring (bicyclic) bond motifs is 1. The molecule has 2 N–H and O–H groups in total. The van der Waals surface area contributed by atoms with Crippen molar-refractivity contribution in [1.82, 2.24) is 5.32 Å². The normalized spacial score (nSPS) is 29.3. The fourth-order valence-corrected chi connectivity index (χ4v) is 3.64. The Labute approximate surface area is 114 Å². The van der Waals surface area contributed by atoms with Gasteiger partial charge in [0.2, 0.25) is 5.91 Å². The monoisotopic (exact) mass is 258 g/mol. The highest BCUT2D eigenvalue weighted by molar-refractivity contribution is 5.96. The summed E-state index contributed by atoms with van der Waals surface area (Å²) in [6.45, 7) is 5.12. The van der Waals surface area contributed by atoms with Gasteiger partial charge < -0.3 is 10.6 Å². The lowest BCUT2D eigenvalue weighted by Gasteiger charge is -2.18. The second-order valence-electron chi connectivity index (χ2n) is 6.05. The first-order valence-electron chi connectivity index (χ1n) is 7.26. The number of hydrogen-bond donors (Lipinski definition) is 2. The Morgan fingerprint density at radius 2 is 2.16 bits per heavy atom. The molecule has 0 bridgehead atoms. The van der Waals surface area contributed by atoms with E-state index in [2.05, 4.69) is 23.6 Å². The number of hydrogen-bond acceptors (Lipinski definition) is 2. The number of benzene rings is 1. The highest BCUT2D eigenvalue weighted by atomic mass is 16.2. The van der Waals surface area contributed by atoms with Gasteiger partial charge in [-0.1, -0.05) is 24.1 Å². The zero-order valence-electron chi connectivity index (χ0n) is 11.7. The van der Waals surface area contributed by atoms with Gasteiger partial charge in [0.15, 0.2) is 0 Å². The van der Waals surface area contributed by atoms with Crippen LogP contribution in [0.15, 0.2) is 18.2 Å². The van der Waals surface area contributed by atoms with E-state index in [4.69, 9.17) is 0 Å². The van der Waals surface area contributed by atoms with E-state index < -0.39 is 0 Å². The summed E-state index contributed by atoms with van der Waals surface area (Å²) in [5.41, 5.74) is 3.30. The maximum atomic E-state index is 12.4. The SMILES string of the molecule is Cc1ccc(NC(=O)C2NCC3CCCC32)c(C)c1. The standard InChI is InChI=1S/C16H22N2O/c1-10-6-7-14(11(2)8-10)18-16(19)15-13-5-3-4-12(13)9-17-15/h6-8,12-13,15,17H,3-5,9H2,1-2H3,(H,18,19). The van der Waals surface area contributed by atoms with Crippen LogP contribution in [0.5, 0.6) is 0 Å². The zero-order chi connectivity index (χ0) is 13.4. The van der Waals surface area contributed by atoms with Gasteiger partial charge in [0.25, 0.3) is 0 Å². The summed E-state index contributed by atoms with van der Waals surface area (Å²) in [5, 5.41) is 6.49. The van der Waals surface area contributed by atoms with Gasteiger partial charge in [-0.2, -0.15) is 0 Å². The average molecular weight is 258 g/mol. The van der Waals surface area contributed by atoms with Crippen LogP contribution < -0.4 is 10.6 Å². The number of carbonyl (C=O) groups is 1. The Hall–Kier alpha value is -1.35. The Morgan fingerprint density at radius 1 is 1.32 bits per heavy atom. The number of amides is 1. The molecule has 0 aromatic heterocycles. The lowest BCUT2D eigenvalue weighted by atomic mass is 9.93. The lowest BCUT2D eigenvalue weighted by molar-refractivity contribution is -0.118. The van der Waals surface area contributed by atoms with E-state index in [1.165, 1.54) is 24.8 Å². The van der Waals surface area contributed by atoms with Crippen molar-refractivity contribution in [3.63, 3.8) is 0 Å². The molecule has 1 aliphatic carbocycles. The summed E-state index contributed by atoms with van der Waals surface area (Å²) in [6.07, 6.45) is 3.76. The average Bonchev–Trinajstić information content (AvgIpc) is 2.94. The first-order chi connectivity index (χ1) is 9.15. The van der Waals surface area contributed by atoms with Crippen molar-refractivity contribution in [3.8, 4) is 0 Å². The molecule has 2 fully saturated rings. The molecule has 1 saturated carbocycles. The highest BCUT2D eigenvalue weighted by Gasteiger charge is 2.42. The van der Waals surface area contributed by atoms with Crippen molar-refractivity contribution in [3.05, 3.63) is 29.3 Å². The van der Waals surface area contributed by atoms with Gasteiger partial charge in [-0.3, -0.25) is 4.79 Å². The summed E-state index contributed by atoms with van der Waals surface area (Å²) >= 11 is 0. The van der Waals surface area contributed by atoms with E-state index in [1.54, 1.807) is 0 Å². The fraction of sp³-hybridized carbons (Fsp3) is 0.562. The molecule has 0 spiro atoms. The molecule has 3 rings (SSSR count). The van der Waals surface area contributed by atoms with Crippen LogP contribution in [0, 0.1) is 25.7 Å². The number of rotatable bonds is 2. The van der Waals surface area contributed by atoms with E-state index in [0.717, 1.165) is 23.7 Å². The smallest absolute Gasteiger partial charge is 0.241 e. The summed E-state index contributed by atoms with van der Waals surface area (Å²) in [6, 6.07) is 6.16. The van der Waals surface area contributed by atoms with E-state index in [1.807, 2.05) is 19.1 Å². The van der Waals surface area contributed by atoms with Crippen LogP contribution in [0.2, 0.25) is 0 Å². The van der Waals surface area contributed by atoms with E-state index in [9.17, 15) is 4.79 Å². The van der Waals surface area contributed by atoms with Crippen LogP contribution in [0.4, 0.5) is 5.69 Å². The number of aryl methyl sites for hydroxylation is 2. The van der Waals surface area contributed by atoms with Crippen LogP contribution in [-0.4, -0.2) is 18.5 Å². The lowest BCUT2D eigenvalue weighted by Crippen LogP contribution is -2.39. The van der Waals surface area contributed by atoms with Gasteiger partial charge in [-0.15, -0.1) is 0 Å². The number of anilines is 1. The van der Waals surface area contributed by atoms with Crippen molar-refractivity contribution in [2.45, 2.75) is 39.2 Å². The van der Waals surface area contributed by atoms with Gasteiger partial charge >= 0.3 is 0 Å². The molecule has 3 atom stereocenters.